The maximum atomic E-state index is 12.2. The number of rotatable bonds is 6. The van der Waals surface area contributed by atoms with E-state index in [9.17, 15) is 9.59 Å². The molecule has 140 valence electrons. The summed E-state index contributed by atoms with van der Waals surface area (Å²) in [7, 11) is 1.48. The summed E-state index contributed by atoms with van der Waals surface area (Å²) in [6.07, 6.45) is 0.869. The van der Waals surface area contributed by atoms with Gasteiger partial charge in [-0.15, -0.1) is 0 Å². The van der Waals surface area contributed by atoms with Gasteiger partial charge in [-0.25, -0.2) is 9.78 Å². The molecule has 0 saturated heterocycles. The lowest BCUT2D eigenvalue weighted by atomic mass is 10.1. The van der Waals surface area contributed by atoms with E-state index in [0.717, 1.165) is 29.2 Å². The SMILES string of the molecule is CNC(=O)NC(=O)[C@H](C)Sc1nc2ccccc2n1CCc1ccccc1. The summed E-state index contributed by atoms with van der Waals surface area (Å²) in [6, 6.07) is 17.7. The number of imidazole rings is 1. The number of nitrogens with one attached hydrogen (secondary N) is 2. The van der Waals surface area contributed by atoms with Crippen molar-refractivity contribution in [3.05, 3.63) is 60.2 Å². The first-order valence-electron chi connectivity index (χ1n) is 8.77. The number of hydrogen-bond donors (Lipinski definition) is 2. The molecule has 0 unspecified atom stereocenters. The smallest absolute Gasteiger partial charge is 0.321 e. The fourth-order valence-corrected chi connectivity index (χ4v) is 3.68. The number of aromatic nitrogens is 2. The van der Waals surface area contributed by atoms with Crippen LogP contribution in [0.5, 0.6) is 0 Å². The molecule has 0 bridgehead atoms. The first-order chi connectivity index (χ1) is 13.1. The summed E-state index contributed by atoms with van der Waals surface area (Å²) in [5, 5.41) is 5.02. The number of aryl methyl sites for hydroxylation is 2. The molecule has 0 aliphatic rings. The minimum absolute atomic E-state index is 0.346. The van der Waals surface area contributed by atoms with Gasteiger partial charge < -0.3 is 9.88 Å². The van der Waals surface area contributed by atoms with Crippen molar-refractivity contribution in [3.8, 4) is 0 Å². The quantitative estimate of drug-likeness (QED) is 0.642. The van der Waals surface area contributed by atoms with E-state index in [-0.39, 0.29) is 5.91 Å². The molecular weight excluding hydrogens is 360 g/mol. The van der Waals surface area contributed by atoms with Crippen LogP contribution in [0.2, 0.25) is 0 Å². The normalized spacial score (nSPS) is 11.9. The van der Waals surface area contributed by atoms with Gasteiger partial charge in [-0.1, -0.05) is 54.2 Å². The minimum Gasteiger partial charge on any atom is -0.341 e. The van der Waals surface area contributed by atoms with E-state index in [1.165, 1.54) is 24.4 Å². The molecule has 3 aromatic rings. The van der Waals surface area contributed by atoms with Crippen molar-refractivity contribution >= 4 is 34.7 Å². The molecule has 0 saturated carbocycles. The molecule has 0 fully saturated rings. The van der Waals surface area contributed by atoms with Gasteiger partial charge in [0.15, 0.2) is 5.16 Å². The first-order valence-corrected chi connectivity index (χ1v) is 9.65. The summed E-state index contributed by atoms with van der Waals surface area (Å²) < 4.78 is 2.14. The van der Waals surface area contributed by atoms with Crippen molar-refractivity contribution in [2.75, 3.05) is 7.05 Å². The number of carbonyl (C=O) groups is 2. The topological polar surface area (TPSA) is 76.0 Å². The van der Waals surface area contributed by atoms with Crippen LogP contribution in [0.25, 0.3) is 11.0 Å². The molecule has 0 aliphatic carbocycles. The molecule has 1 aromatic heterocycles. The standard InChI is InChI=1S/C20H22N4O2S/c1-14(18(25)23-19(26)21-2)27-20-22-16-10-6-7-11-17(16)24(20)13-12-15-8-4-3-5-9-15/h3-11,14H,12-13H2,1-2H3,(H2,21,23,25,26)/t14-/m0/s1. The van der Waals surface area contributed by atoms with Gasteiger partial charge in [0.05, 0.1) is 16.3 Å². The molecule has 1 heterocycles. The van der Waals surface area contributed by atoms with E-state index in [0.29, 0.717) is 0 Å². The van der Waals surface area contributed by atoms with E-state index < -0.39 is 11.3 Å². The second kappa shape index (κ2) is 8.73. The van der Waals surface area contributed by atoms with Gasteiger partial charge in [0.2, 0.25) is 5.91 Å². The molecular formula is C20H22N4O2S. The number of para-hydroxylation sites is 2. The third-order valence-corrected chi connectivity index (χ3v) is 5.29. The van der Waals surface area contributed by atoms with Crippen LogP contribution < -0.4 is 10.6 Å². The van der Waals surface area contributed by atoms with Crippen LogP contribution in [0.3, 0.4) is 0 Å². The zero-order valence-corrected chi connectivity index (χ0v) is 16.1. The van der Waals surface area contributed by atoms with Crippen LogP contribution in [0.15, 0.2) is 59.8 Å². The predicted molar refractivity (Wildman–Crippen MR) is 108 cm³/mol. The minimum atomic E-state index is -0.509. The Labute approximate surface area is 162 Å². The Balaban J connectivity index is 1.81. The van der Waals surface area contributed by atoms with Crippen molar-refractivity contribution in [2.24, 2.45) is 0 Å². The number of imide groups is 1. The molecule has 1 atom stereocenters. The van der Waals surface area contributed by atoms with Crippen molar-refractivity contribution in [2.45, 2.75) is 30.3 Å². The van der Waals surface area contributed by atoms with Gasteiger partial charge in [0, 0.05) is 13.6 Å². The highest BCUT2D eigenvalue weighted by Crippen LogP contribution is 2.27. The number of urea groups is 1. The van der Waals surface area contributed by atoms with E-state index >= 15 is 0 Å². The Morgan fingerprint density at radius 3 is 2.56 bits per heavy atom. The summed E-state index contributed by atoms with van der Waals surface area (Å²) in [6.45, 7) is 2.53. The van der Waals surface area contributed by atoms with E-state index in [4.69, 9.17) is 4.98 Å². The van der Waals surface area contributed by atoms with Gasteiger partial charge in [-0.2, -0.15) is 0 Å². The summed E-state index contributed by atoms with van der Waals surface area (Å²) in [5.41, 5.74) is 3.18. The highest BCUT2D eigenvalue weighted by molar-refractivity contribution is 8.00. The molecule has 6 nitrogen and oxygen atoms in total. The lowest BCUT2D eigenvalue weighted by molar-refractivity contribution is -0.119. The van der Waals surface area contributed by atoms with Crippen LogP contribution in [-0.4, -0.2) is 33.8 Å². The predicted octanol–water partition coefficient (Wildman–Crippen LogP) is 3.22. The Morgan fingerprint density at radius 1 is 1.11 bits per heavy atom. The lowest BCUT2D eigenvalue weighted by Gasteiger charge is -2.13. The van der Waals surface area contributed by atoms with E-state index in [1.807, 2.05) is 42.5 Å². The van der Waals surface area contributed by atoms with Crippen LogP contribution in [0.4, 0.5) is 4.79 Å². The summed E-state index contributed by atoms with van der Waals surface area (Å²) >= 11 is 1.35. The van der Waals surface area contributed by atoms with E-state index in [2.05, 4.69) is 27.3 Å². The Morgan fingerprint density at radius 2 is 1.81 bits per heavy atom. The Bertz CT molecular complexity index is 940. The summed E-state index contributed by atoms with van der Waals surface area (Å²) in [5.74, 6) is -0.346. The zero-order valence-electron chi connectivity index (χ0n) is 15.3. The third-order valence-electron chi connectivity index (χ3n) is 4.20. The van der Waals surface area contributed by atoms with Gasteiger partial charge in [-0.3, -0.25) is 10.1 Å². The molecule has 3 amide bonds. The number of nitrogens with zero attached hydrogens (tertiary/aromatic N) is 2. The maximum Gasteiger partial charge on any atom is 0.321 e. The average molecular weight is 382 g/mol. The fourth-order valence-electron chi connectivity index (χ4n) is 2.73. The van der Waals surface area contributed by atoms with Crippen molar-refractivity contribution in [1.82, 2.24) is 20.2 Å². The molecule has 2 aromatic carbocycles. The van der Waals surface area contributed by atoms with Crippen molar-refractivity contribution < 1.29 is 9.59 Å². The molecule has 3 rings (SSSR count). The van der Waals surface area contributed by atoms with Gasteiger partial charge in [0.1, 0.15) is 0 Å². The van der Waals surface area contributed by atoms with Crippen LogP contribution >= 0.6 is 11.8 Å². The van der Waals surface area contributed by atoms with Crippen LogP contribution in [0, 0.1) is 0 Å². The number of thioether (sulfide) groups is 1. The molecule has 2 N–H and O–H groups in total. The third kappa shape index (κ3) is 4.68. The lowest BCUT2D eigenvalue weighted by Crippen LogP contribution is -2.41. The number of hydrogen-bond acceptors (Lipinski definition) is 4. The van der Waals surface area contributed by atoms with Gasteiger partial charge in [-0.05, 0) is 31.0 Å². The number of fused-ring (bicyclic) bond motifs is 1. The van der Waals surface area contributed by atoms with Crippen molar-refractivity contribution in [1.29, 1.82) is 0 Å². The van der Waals surface area contributed by atoms with E-state index in [1.54, 1.807) is 6.92 Å². The fraction of sp³-hybridized carbons (Fsp3) is 0.250. The average Bonchev–Trinajstić information content (AvgIpc) is 3.03. The maximum absolute atomic E-state index is 12.2. The summed E-state index contributed by atoms with van der Waals surface area (Å²) in [4.78, 5) is 28.3. The molecule has 7 heteroatoms. The number of amides is 3. The first kappa shape index (κ1) is 19.0. The second-order valence-corrected chi connectivity index (χ2v) is 7.41. The highest BCUT2D eigenvalue weighted by atomic mass is 32.2. The Kier molecular flexibility index (Phi) is 6.13. The molecule has 27 heavy (non-hydrogen) atoms. The van der Waals surface area contributed by atoms with Gasteiger partial charge in [0.25, 0.3) is 0 Å². The van der Waals surface area contributed by atoms with Crippen LogP contribution in [0.1, 0.15) is 12.5 Å². The monoisotopic (exact) mass is 382 g/mol. The number of carbonyl (C=O) groups excluding carboxylic acids is 2. The largest absolute Gasteiger partial charge is 0.341 e. The Hall–Kier alpha value is -2.80. The van der Waals surface area contributed by atoms with Gasteiger partial charge >= 0.3 is 6.03 Å². The second-order valence-electron chi connectivity index (χ2n) is 6.10. The molecule has 0 aliphatic heterocycles. The molecule has 0 radical (unpaired) electrons. The zero-order chi connectivity index (χ0) is 19.2. The highest BCUT2D eigenvalue weighted by Gasteiger charge is 2.20. The van der Waals surface area contributed by atoms with Crippen LogP contribution in [-0.2, 0) is 17.8 Å². The molecule has 0 spiro atoms. The van der Waals surface area contributed by atoms with Crippen molar-refractivity contribution in [3.63, 3.8) is 0 Å². The number of benzene rings is 2.